The Hall–Kier alpha value is -2.30. The molecule has 2 bridgehead atoms. The van der Waals surface area contributed by atoms with E-state index in [9.17, 15) is 9.59 Å². The highest BCUT2D eigenvalue weighted by Crippen LogP contribution is 2.49. The summed E-state index contributed by atoms with van der Waals surface area (Å²) in [5.74, 6) is 1.67. The molecule has 1 heterocycles. The van der Waals surface area contributed by atoms with Crippen LogP contribution in [0.3, 0.4) is 0 Å². The molecule has 5 heteroatoms. The Morgan fingerprint density at radius 2 is 2.00 bits per heavy atom. The van der Waals surface area contributed by atoms with Gasteiger partial charge >= 0.3 is 0 Å². The molecular formula is C18H21N3O2. The van der Waals surface area contributed by atoms with Gasteiger partial charge in [0.25, 0.3) is 5.91 Å². The Kier molecular flexibility index (Phi) is 3.56. The minimum absolute atomic E-state index is 0.0873. The first-order valence-electron chi connectivity index (χ1n) is 8.36. The Labute approximate surface area is 134 Å². The second kappa shape index (κ2) is 5.72. The molecule has 3 N–H and O–H groups in total. The van der Waals surface area contributed by atoms with E-state index in [2.05, 4.69) is 15.8 Å². The lowest BCUT2D eigenvalue weighted by molar-refractivity contribution is -0.123. The molecule has 0 saturated heterocycles. The first-order chi connectivity index (χ1) is 11.2. The summed E-state index contributed by atoms with van der Waals surface area (Å²) < 4.78 is 0. The molecule has 2 fully saturated rings. The van der Waals surface area contributed by atoms with Crippen LogP contribution in [-0.2, 0) is 4.79 Å². The number of fused-ring (bicyclic) bond motifs is 3. The van der Waals surface area contributed by atoms with Crippen LogP contribution in [0.1, 0.15) is 42.5 Å². The minimum atomic E-state index is -0.288. The van der Waals surface area contributed by atoms with E-state index in [4.69, 9.17) is 0 Å². The standard InChI is InChI=1S/C18H21N3O2/c22-17(9-13-8-11-5-6-12(13)7-11)20-21-18(23)15-10-19-16-4-2-1-3-14(15)16/h1-4,10-13,19H,5-9H2,(H,20,22)(H,21,23). The third-order valence-electron chi connectivity index (χ3n) is 5.48. The number of benzene rings is 1. The SMILES string of the molecule is O=C(CC1CC2CCC1C2)NNC(=O)c1c[nH]c2ccccc12. The van der Waals surface area contributed by atoms with Crippen LogP contribution in [0.25, 0.3) is 10.9 Å². The monoisotopic (exact) mass is 311 g/mol. The fraction of sp³-hybridized carbons (Fsp3) is 0.444. The average Bonchev–Trinajstić information content (AvgIpc) is 3.27. The molecule has 3 unspecified atom stereocenters. The summed E-state index contributed by atoms with van der Waals surface area (Å²) in [6.07, 6.45) is 7.26. The van der Waals surface area contributed by atoms with Crippen molar-refractivity contribution in [2.24, 2.45) is 17.8 Å². The van der Waals surface area contributed by atoms with Crippen LogP contribution in [-0.4, -0.2) is 16.8 Å². The van der Waals surface area contributed by atoms with Crippen molar-refractivity contribution in [1.29, 1.82) is 0 Å². The van der Waals surface area contributed by atoms with Crippen LogP contribution in [0.5, 0.6) is 0 Å². The molecule has 2 aromatic rings. The van der Waals surface area contributed by atoms with Crippen LogP contribution >= 0.6 is 0 Å². The fourth-order valence-corrected chi connectivity index (χ4v) is 4.37. The van der Waals surface area contributed by atoms with Crippen molar-refractivity contribution < 1.29 is 9.59 Å². The van der Waals surface area contributed by atoms with Gasteiger partial charge in [-0.05, 0) is 43.1 Å². The fourth-order valence-electron chi connectivity index (χ4n) is 4.37. The molecule has 1 aromatic carbocycles. The Morgan fingerprint density at radius 1 is 1.13 bits per heavy atom. The first kappa shape index (κ1) is 14.3. The summed E-state index contributed by atoms with van der Waals surface area (Å²) in [7, 11) is 0. The molecule has 0 spiro atoms. The Morgan fingerprint density at radius 3 is 2.78 bits per heavy atom. The molecule has 1 aromatic heterocycles. The maximum absolute atomic E-state index is 12.2. The Bertz CT molecular complexity index is 752. The third-order valence-corrected chi connectivity index (χ3v) is 5.48. The highest BCUT2D eigenvalue weighted by Gasteiger charge is 2.40. The number of aromatic nitrogens is 1. The number of carbonyl (C=O) groups is 2. The number of aromatic amines is 1. The van der Waals surface area contributed by atoms with Gasteiger partial charge in [0.1, 0.15) is 0 Å². The predicted molar refractivity (Wildman–Crippen MR) is 87.5 cm³/mol. The summed E-state index contributed by atoms with van der Waals surface area (Å²) in [5, 5.41) is 0.854. The van der Waals surface area contributed by atoms with Crippen molar-refractivity contribution in [3.8, 4) is 0 Å². The van der Waals surface area contributed by atoms with Gasteiger partial charge in [-0.1, -0.05) is 24.6 Å². The number of amides is 2. The van der Waals surface area contributed by atoms with Gasteiger partial charge in [-0.15, -0.1) is 0 Å². The van der Waals surface area contributed by atoms with Gasteiger partial charge in [-0.2, -0.15) is 0 Å². The van der Waals surface area contributed by atoms with E-state index in [0.29, 0.717) is 17.9 Å². The zero-order valence-corrected chi connectivity index (χ0v) is 13.0. The van der Waals surface area contributed by atoms with Crippen molar-refractivity contribution in [2.75, 3.05) is 0 Å². The van der Waals surface area contributed by atoms with Crippen LogP contribution in [0, 0.1) is 17.8 Å². The minimum Gasteiger partial charge on any atom is -0.360 e. The van der Waals surface area contributed by atoms with Gasteiger partial charge in [0.2, 0.25) is 5.91 Å². The number of hydrogen-bond acceptors (Lipinski definition) is 2. The molecule has 5 nitrogen and oxygen atoms in total. The second-order valence-electron chi connectivity index (χ2n) is 6.89. The number of para-hydroxylation sites is 1. The van der Waals surface area contributed by atoms with Crippen molar-refractivity contribution in [3.63, 3.8) is 0 Å². The maximum atomic E-state index is 12.2. The highest BCUT2D eigenvalue weighted by atomic mass is 16.2. The van der Waals surface area contributed by atoms with E-state index >= 15 is 0 Å². The highest BCUT2D eigenvalue weighted by molar-refractivity contribution is 6.07. The largest absolute Gasteiger partial charge is 0.360 e. The van der Waals surface area contributed by atoms with Crippen molar-refractivity contribution in [2.45, 2.75) is 32.1 Å². The van der Waals surface area contributed by atoms with Crippen LogP contribution in [0.2, 0.25) is 0 Å². The summed E-state index contributed by atoms with van der Waals surface area (Å²) in [5.41, 5.74) is 6.56. The normalized spacial score (nSPS) is 25.7. The predicted octanol–water partition coefficient (Wildman–Crippen LogP) is 2.76. The molecule has 3 atom stereocenters. The summed E-state index contributed by atoms with van der Waals surface area (Å²) in [6, 6.07) is 7.61. The quantitative estimate of drug-likeness (QED) is 0.763. The van der Waals surface area contributed by atoms with Crippen molar-refractivity contribution >= 4 is 22.7 Å². The van der Waals surface area contributed by atoms with Crippen LogP contribution < -0.4 is 10.9 Å². The molecule has 2 amide bonds. The zero-order chi connectivity index (χ0) is 15.8. The average molecular weight is 311 g/mol. The maximum Gasteiger partial charge on any atom is 0.271 e. The smallest absolute Gasteiger partial charge is 0.271 e. The van der Waals surface area contributed by atoms with E-state index in [0.717, 1.165) is 22.7 Å². The molecule has 0 radical (unpaired) electrons. The topological polar surface area (TPSA) is 74.0 Å². The molecule has 23 heavy (non-hydrogen) atoms. The lowest BCUT2D eigenvalue weighted by atomic mass is 9.86. The number of hydrazine groups is 1. The lowest BCUT2D eigenvalue weighted by Gasteiger charge is -2.20. The number of H-pyrrole nitrogens is 1. The number of hydrogen-bond donors (Lipinski definition) is 3. The van der Waals surface area contributed by atoms with Gasteiger partial charge < -0.3 is 4.98 Å². The van der Waals surface area contributed by atoms with Gasteiger partial charge in [0, 0.05) is 23.5 Å². The van der Waals surface area contributed by atoms with Crippen molar-refractivity contribution in [3.05, 3.63) is 36.0 Å². The molecule has 0 aliphatic heterocycles. The van der Waals surface area contributed by atoms with Gasteiger partial charge in [-0.25, -0.2) is 0 Å². The van der Waals surface area contributed by atoms with E-state index < -0.39 is 0 Å². The summed E-state index contributed by atoms with van der Waals surface area (Å²) in [4.78, 5) is 27.4. The van der Waals surface area contributed by atoms with E-state index in [-0.39, 0.29) is 11.8 Å². The molecule has 2 aliphatic rings. The molecule has 4 rings (SSSR count). The summed E-state index contributed by atoms with van der Waals surface area (Å²) in [6.45, 7) is 0. The van der Waals surface area contributed by atoms with Gasteiger partial charge in [-0.3, -0.25) is 20.4 Å². The van der Waals surface area contributed by atoms with Gasteiger partial charge in [0.15, 0.2) is 0 Å². The van der Waals surface area contributed by atoms with E-state index in [1.807, 2.05) is 24.3 Å². The molecule has 2 aliphatic carbocycles. The number of carbonyl (C=O) groups excluding carboxylic acids is 2. The molecule has 120 valence electrons. The van der Waals surface area contributed by atoms with E-state index in [1.165, 1.54) is 25.7 Å². The van der Waals surface area contributed by atoms with Crippen LogP contribution in [0.4, 0.5) is 0 Å². The van der Waals surface area contributed by atoms with Gasteiger partial charge in [0.05, 0.1) is 5.56 Å². The second-order valence-corrected chi connectivity index (χ2v) is 6.89. The first-order valence-corrected chi connectivity index (χ1v) is 8.36. The molecule has 2 saturated carbocycles. The number of rotatable bonds is 3. The summed E-state index contributed by atoms with van der Waals surface area (Å²) >= 11 is 0. The van der Waals surface area contributed by atoms with Crippen molar-refractivity contribution in [1.82, 2.24) is 15.8 Å². The third kappa shape index (κ3) is 2.71. The Balaban J connectivity index is 1.33. The van der Waals surface area contributed by atoms with E-state index in [1.54, 1.807) is 6.20 Å². The zero-order valence-electron chi connectivity index (χ0n) is 13.0. The molecular weight excluding hydrogens is 290 g/mol. The van der Waals surface area contributed by atoms with Crippen LogP contribution in [0.15, 0.2) is 30.5 Å². The lowest BCUT2D eigenvalue weighted by Crippen LogP contribution is -2.42. The number of nitrogens with one attached hydrogen (secondary N) is 3.